The van der Waals surface area contributed by atoms with E-state index in [1.54, 1.807) is 0 Å². The SMILES string of the molecule is OC(COc1ccc2ccccc2c1)Cn1c(C2CCOCC2)nc2ccccc21. The van der Waals surface area contributed by atoms with Crippen LogP contribution in [0.3, 0.4) is 0 Å². The summed E-state index contributed by atoms with van der Waals surface area (Å²) < 4.78 is 13.6. The van der Waals surface area contributed by atoms with Crippen LogP contribution in [0.1, 0.15) is 24.6 Å². The number of fused-ring (bicyclic) bond motifs is 2. The van der Waals surface area contributed by atoms with Gasteiger partial charge in [-0.2, -0.15) is 0 Å². The van der Waals surface area contributed by atoms with Crippen LogP contribution in [0.5, 0.6) is 5.75 Å². The van der Waals surface area contributed by atoms with E-state index in [4.69, 9.17) is 14.5 Å². The fourth-order valence-corrected chi connectivity index (χ4v) is 4.27. The maximum absolute atomic E-state index is 10.8. The smallest absolute Gasteiger partial charge is 0.120 e. The van der Waals surface area contributed by atoms with Gasteiger partial charge >= 0.3 is 0 Å². The molecule has 0 aliphatic carbocycles. The van der Waals surface area contributed by atoms with Gasteiger partial charge in [0, 0.05) is 19.1 Å². The monoisotopic (exact) mass is 402 g/mol. The predicted molar refractivity (Wildman–Crippen MR) is 118 cm³/mol. The Hall–Kier alpha value is -2.89. The number of nitrogens with zero attached hydrogens (tertiary/aromatic N) is 2. The molecule has 1 aliphatic heterocycles. The predicted octanol–water partition coefficient (Wildman–Crippen LogP) is 4.52. The van der Waals surface area contributed by atoms with Gasteiger partial charge in [-0.3, -0.25) is 0 Å². The summed E-state index contributed by atoms with van der Waals surface area (Å²) in [6, 6.07) is 22.3. The Labute approximate surface area is 175 Å². The van der Waals surface area contributed by atoms with Crippen molar-refractivity contribution in [1.29, 1.82) is 0 Å². The zero-order valence-corrected chi connectivity index (χ0v) is 16.9. The maximum atomic E-state index is 10.8. The molecular weight excluding hydrogens is 376 g/mol. The Balaban J connectivity index is 1.33. The number of aromatic nitrogens is 2. The summed E-state index contributed by atoms with van der Waals surface area (Å²) in [5.41, 5.74) is 2.03. The Morgan fingerprint density at radius 2 is 1.77 bits per heavy atom. The molecule has 1 aromatic heterocycles. The normalized spacial score (nSPS) is 16.2. The molecule has 154 valence electrons. The van der Waals surface area contributed by atoms with Crippen molar-refractivity contribution in [3.63, 3.8) is 0 Å². The lowest BCUT2D eigenvalue weighted by Crippen LogP contribution is -2.26. The van der Waals surface area contributed by atoms with E-state index < -0.39 is 6.10 Å². The van der Waals surface area contributed by atoms with Gasteiger partial charge < -0.3 is 19.1 Å². The lowest BCUT2D eigenvalue weighted by Gasteiger charge is -2.23. The van der Waals surface area contributed by atoms with Gasteiger partial charge in [-0.05, 0) is 47.9 Å². The first-order valence-electron chi connectivity index (χ1n) is 10.6. The highest BCUT2D eigenvalue weighted by Gasteiger charge is 2.24. The summed E-state index contributed by atoms with van der Waals surface area (Å²) in [4.78, 5) is 4.90. The number of hydrogen-bond donors (Lipinski definition) is 1. The standard InChI is InChI=1S/C25H26N2O3/c28-21(17-30-22-10-9-18-5-1-2-6-20(18)15-22)16-27-24-8-4-3-7-23(24)26-25(27)19-11-13-29-14-12-19/h1-10,15,19,21,28H,11-14,16-17H2. The Bertz CT molecular complexity index is 1150. The molecule has 1 N–H and O–H groups in total. The third kappa shape index (κ3) is 3.91. The lowest BCUT2D eigenvalue weighted by atomic mass is 9.99. The first-order valence-corrected chi connectivity index (χ1v) is 10.6. The summed E-state index contributed by atoms with van der Waals surface area (Å²) in [7, 11) is 0. The molecule has 5 nitrogen and oxygen atoms in total. The van der Waals surface area contributed by atoms with Crippen LogP contribution in [-0.2, 0) is 11.3 Å². The number of ether oxygens (including phenoxy) is 2. The first-order chi connectivity index (χ1) is 14.8. The van der Waals surface area contributed by atoms with Crippen molar-refractivity contribution in [2.45, 2.75) is 31.4 Å². The minimum Gasteiger partial charge on any atom is -0.491 e. The number of aliphatic hydroxyl groups is 1. The second-order valence-electron chi connectivity index (χ2n) is 7.93. The highest BCUT2D eigenvalue weighted by molar-refractivity contribution is 5.83. The van der Waals surface area contributed by atoms with E-state index in [9.17, 15) is 5.11 Å². The van der Waals surface area contributed by atoms with E-state index in [1.807, 2.05) is 48.5 Å². The van der Waals surface area contributed by atoms with Crippen LogP contribution < -0.4 is 4.74 Å². The Morgan fingerprint density at radius 1 is 1.00 bits per heavy atom. The lowest BCUT2D eigenvalue weighted by molar-refractivity contribution is 0.0780. The van der Waals surface area contributed by atoms with E-state index in [0.29, 0.717) is 12.5 Å². The number of benzene rings is 3. The van der Waals surface area contributed by atoms with Crippen molar-refractivity contribution >= 4 is 21.8 Å². The summed E-state index contributed by atoms with van der Waals surface area (Å²) in [6.07, 6.45) is 1.30. The number of para-hydroxylation sites is 2. The van der Waals surface area contributed by atoms with Crippen LogP contribution in [0.15, 0.2) is 66.7 Å². The maximum Gasteiger partial charge on any atom is 0.120 e. The number of aliphatic hydroxyl groups excluding tert-OH is 1. The molecule has 4 aromatic rings. The molecular formula is C25H26N2O3. The van der Waals surface area contributed by atoms with Crippen LogP contribution in [-0.4, -0.2) is 40.6 Å². The van der Waals surface area contributed by atoms with Gasteiger partial charge in [0.2, 0.25) is 0 Å². The van der Waals surface area contributed by atoms with E-state index in [-0.39, 0.29) is 6.61 Å². The molecule has 1 aliphatic rings. The van der Waals surface area contributed by atoms with Crippen LogP contribution in [0.2, 0.25) is 0 Å². The third-order valence-corrected chi connectivity index (χ3v) is 5.83. The topological polar surface area (TPSA) is 56.5 Å². The minimum absolute atomic E-state index is 0.234. The molecule has 30 heavy (non-hydrogen) atoms. The van der Waals surface area contributed by atoms with Gasteiger partial charge in [0.15, 0.2) is 0 Å². The zero-order chi connectivity index (χ0) is 20.3. The van der Waals surface area contributed by atoms with Crippen molar-refractivity contribution in [3.05, 3.63) is 72.6 Å². The molecule has 0 amide bonds. The van der Waals surface area contributed by atoms with Gasteiger partial charge in [-0.25, -0.2) is 4.98 Å². The van der Waals surface area contributed by atoms with E-state index in [2.05, 4.69) is 22.8 Å². The molecule has 0 saturated carbocycles. The average molecular weight is 402 g/mol. The molecule has 5 rings (SSSR count). The van der Waals surface area contributed by atoms with E-state index in [0.717, 1.165) is 54.0 Å². The molecule has 0 radical (unpaired) electrons. The molecule has 5 heteroatoms. The van der Waals surface area contributed by atoms with Gasteiger partial charge in [0.1, 0.15) is 24.3 Å². The highest BCUT2D eigenvalue weighted by atomic mass is 16.5. The van der Waals surface area contributed by atoms with Crippen molar-refractivity contribution in [2.75, 3.05) is 19.8 Å². The first kappa shape index (κ1) is 19.1. The van der Waals surface area contributed by atoms with Crippen molar-refractivity contribution in [1.82, 2.24) is 9.55 Å². The van der Waals surface area contributed by atoms with Crippen molar-refractivity contribution in [3.8, 4) is 5.75 Å². The molecule has 0 bridgehead atoms. The number of imidazole rings is 1. The molecule has 2 heterocycles. The Morgan fingerprint density at radius 3 is 2.63 bits per heavy atom. The fourth-order valence-electron chi connectivity index (χ4n) is 4.27. The van der Waals surface area contributed by atoms with Gasteiger partial charge in [-0.15, -0.1) is 0 Å². The summed E-state index contributed by atoms with van der Waals surface area (Å²) in [6.45, 7) is 2.22. The van der Waals surface area contributed by atoms with E-state index >= 15 is 0 Å². The quantitative estimate of drug-likeness (QED) is 0.515. The van der Waals surface area contributed by atoms with Crippen molar-refractivity contribution in [2.24, 2.45) is 0 Å². The van der Waals surface area contributed by atoms with Crippen LogP contribution in [0.4, 0.5) is 0 Å². The fraction of sp³-hybridized carbons (Fsp3) is 0.320. The summed E-state index contributed by atoms with van der Waals surface area (Å²) >= 11 is 0. The third-order valence-electron chi connectivity index (χ3n) is 5.83. The van der Waals surface area contributed by atoms with Crippen LogP contribution in [0.25, 0.3) is 21.8 Å². The molecule has 1 fully saturated rings. The van der Waals surface area contributed by atoms with Crippen LogP contribution >= 0.6 is 0 Å². The molecule has 1 unspecified atom stereocenters. The van der Waals surface area contributed by atoms with Crippen LogP contribution in [0, 0.1) is 0 Å². The largest absolute Gasteiger partial charge is 0.491 e. The molecule has 1 atom stereocenters. The molecule has 3 aromatic carbocycles. The Kier molecular flexibility index (Phi) is 5.39. The van der Waals surface area contributed by atoms with Crippen molar-refractivity contribution < 1.29 is 14.6 Å². The summed E-state index contributed by atoms with van der Waals surface area (Å²) in [5.74, 6) is 2.18. The van der Waals surface area contributed by atoms with Gasteiger partial charge in [-0.1, -0.05) is 42.5 Å². The average Bonchev–Trinajstić information content (AvgIpc) is 3.16. The van der Waals surface area contributed by atoms with Gasteiger partial charge in [0.05, 0.1) is 17.6 Å². The highest BCUT2D eigenvalue weighted by Crippen LogP contribution is 2.29. The van der Waals surface area contributed by atoms with Gasteiger partial charge in [0.25, 0.3) is 0 Å². The second kappa shape index (κ2) is 8.46. The molecule has 0 spiro atoms. The van der Waals surface area contributed by atoms with E-state index in [1.165, 1.54) is 5.39 Å². The second-order valence-corrected chi connectivity index (χ2v) is 7.93. The molecule has 1 saturated heterocycles. The summed E-state index contributed by atoms with van der Waals surface area (Å²) in [5, 5.41) is 13.1. The zero-order valence-electron chi connectivity index (χ0n) is 16.9. The minimum atomic E-state index is -0.632. The number of rotatable bonds is 6. The number of hydrogen-bond acceptors (Lipinski definition) is 4.